The van der Waals surface area contributed by atoms with Crippen LogP contribution in [0.15, 0.2) is 47.4 Å². The molecule has 2 fully saturated rings. The number of sulfonamides is 1. The fraction of sp³-hybridized carbons (Fsp3) is 0.500. The van der Waals surface area contributed by atoms with Gasteiger partial charge in [-0.2, -0.15) is 4.31 Å². The molecule has 0 unspecified atom stereocenters. The van der Waals surface area contributed by atoms with E-state index in [1.807, 2.05) is 25.1 Å². The van der Waals surface area contributed by atoms with Crippen LogP contribution in [0, 0.1) is 0 Å². The Morgan fingerprint density at radius 3 is 2.36 bits per heavy atom. The van der Waals surface area contributed by atoms with Crippen LogP contribution in [0.1, 0.15) is 30.6 Å². The SMILES string of the molecule is CCOC(=O)N1CCN(S(=O)(=O)c2ccc(C(=O)N(CCCN3CCOCC3)c3nc4c(OCC)cccc4s3)cc2)CC1.Cl. The first-order valence-electron chi connectivity index (χ1n) is 15.0. The largest absolute Gasteiger partial charge is 0.492 e. The molecule has 0 radical (unpaired) electrons. The smallest absolute Gasteiger partial charge is 0.409 e. The number of rotatable bonds is 11. The van der Waals surface area contributed by atoms with Crippen LogP contribution >= 0.6 is 23.7 Å². The fourth-order valence-electron chi connectivity index (χ4n) is 5.26. The maximum atomic E-state index is 13.9. The molecule has 12 nitrogen and oxygen atoms in total. The summed E-state index contributed by atoms with van der Waals surface area (Å²) in [5.74, 6) is 0.418. The number of hydrogen-bond donors (Lipinski definition) is 0. The van der Waals surface area contributed by atoms with Crippen LogP contribution < -0.4 is 9.64 Å². The van der Waals surface area contributed by atoms with Crippen LogP contribution in [0.4, 0.5) is 9.93 Å². The summed E-state index contributed by atoms with van der Waals surface area (Å²) >= 11 is 1.43. The van der Waals surface area contributed by atoms with Gasteiger partial charge in [-0.1, -0.05) is 17.4 Å². The highest BCUT2D eigenvalue weighted by Gasteiger charge is 2.31. The second-order valence-corrected chi connectivity index (χ2v) is 13.4. The maximum absolute atomic E-state index is 13.9. The number of para-hydroxylation sites is 1. The topological polar surface area (TPSA) is 122 Å². The lowest BCUT2D eigenvalue weighted by Crippen LogP contribution is -2.50. The summed E-state index contributed by atoms with van der Waals surface area (Å²) in [6, 6.07) is 11.8. The lowest BCUT2D eigenvalue weighted by atomic mass is 10.2. The van der Waals surface area contributed by atoms with Crippen LogP contribution in [0.25, 0.3) is 10.2 Å². The summed E-state index contributed by atoms with van der Waals surface area (Å²) in [5.41, 5.74) is 1.08. The number of ether oxygens (including phenoxy) is 3. The van der Waals surface area contributed by atoms with Gasteiger partial charge < -0.3 is 19.1 Å². The van der Waals surface area contributed by atoms with Crippen molar-refractivity contribution in [2.45, 2.75) is 25.2 Å². The van der Waals surface area contributed by atoms with Crippen LogP contribution in [-0.2, 0) is 19.5 Å². The van der Waals surface area contributed by atoms with Crippen LogP contribution in [0.2, 0.25) is 0 Å². The molecule has 0 N–H and O–H groups in total. The minimum atomic E-state index is -3.80. The predicted octanol–water partition coefficient (Wildman–Crippen LogP) is 3.95. The number of morpholine rings is 1. The quantitative estimate of drug-likeness (QED) is 0.296. The normalized spacial score (nSPS) is 16.3. The predicted molar refractivity (Wildman–Crippen MR) is 175 cm³/mol. The molecule has 5 rings (SSSR count). The van der Waals surface area contributed by atoms with Crippen molar-refractivity contribution in [1.29, 1.82) is 0 Å². The molecule has 2 aliphatic heterocycles. The molecule has 3 aromatic rings. The molecular formula is C30H40ClN5O7S2. The highest BCUT2D eigenvalue weighted by Crippen LogP contribution is 2.35. The molecule has 0 saturated carbocycles. The zero-order chi connectivity index (χ0) is 31.1. The van der Waals surface area contributed by atoms with Gasteiger partial charge in [0.25, 0.3) is 5.91 Å². The highest BCUT2D eigenvalue weighted by atomic mass is 35.5. The number of hydrogen-bond acceptors (Lipinski definition) is 10. The molecule has 2 aliphatic rings. The van der Waals surface area contributed by atoms with Gasteiger partial charge in [0, 0.05) is 57.9 Å². The number of aromatic nitrogens is 1. The molecule has 2 saturated heterocycles. The van der Waals surface area contributed by atoms with E-state index in [9.17, 15) is 18.0 Å². The van der Waals surface area contributed by atoms with Gasteiger partial charge in [-0.15, -0.1) is 12.4 Å². The van der Waals surface area contributed by atoms with Gasteiger partial charge >= 0.3 is 6.09 Å². The molecule has 0 spiro atoms. The first kappa shape index (κ1) is 34.9. The lowest BCUT2D eigenvalue weighted by molar-refractivity contribution is 0.0376. The molecule has 0 atom stereocenters. The van der Waals surface area contributed by atoms with E-state index in [1.54, 1.807) is 24.0 Å². The van der Waals surface area contributed by atoms with Crippen molar-refractivity contribution in [1.82, 2.24) is 19.1 Å². The average Bonchev–Trinajstić information content (AvgIpc) is 3.49. The number of carbonyl (C=O) groups excluding carboxylic acids is 2. The summed E-state index contributed by atoms with van der Waals surface area (Å²) in [5, 5.41) is 0.565. The van der Waals surface area contributed by atoms with E-state index in [1.165, 1.54) is 32.7 Å². The Kier molecular flexibility index (Phi) is 12.4. The van der Waals surface area contributed by atoms with Crippen LogP contribution in [0.5, 0.6) is 5.75 Å². The van der Waals surface area contributed by atoms with Gasteiger partial charge in [0.2, 0.25) is 10.0 Å². The molecule has 2 amide bonds. The van der Waals surface area contributed by atoms with E-state index in [0.29, 0.717) is 48.3 Å². The molecule has 246 valence electrons. The highest BCUT2D eigenvalue weighted by molar-refractivity contribution is 7.89. The van der Waals surface area contributed by atoms with Gasteiger partial charge in [-0.25, -0.2) is 18.2 Å². The van der Waals surface area contributed by atoms with Crippen LogP contribution in [0.3, 0.4) is 0 Å². The summed E-state index contributed by atoms with van der Waals surface area (Å²) in [6.07, 6.45) is 0.300. The zero-order valence-corrected chi connectivity index (χ0v) is 28.0. The summed E-state index contributed by atoms with van der Waals surface area (Å²) in [6.45, 7) is 9.66. The van der Waals surface area contributed by atoms with E-state index in [-0.39, 0.29) is 56.0 Å². The maximum Gasteiger partial charge on any atom is 0.409 e. The first-order chi connectivity index (χ1) is 21.3. The van der Waals surface area contributed by atoms with Crippen molar-refractivity contribution in [3.8, 4) is 5.75 Å². The standard InChI is InChI=1S/C30H39N5O7S2.ClH/c1-3-41-25-7-5-8-26-27(25)31-29(43-26)35(14-6-13-32-19-21-40-22-20-32)28(36)23-9-11-24(12-10-23)44(38,39)34-17-15-33(16-18-34)30(37)42-4-2;/h5,7-12H,3-4,6,13-22H2,1-2H3;1H. The molecular weight excluding hydrogens is 642 g/mol. The fourth-order valence-corrected chi connectivity index (χ4v) is 7.69. The minimum absolute atomic E-state index is 0. The minimum Gasteiger partial charge on any atom is -0.492 e. The summed E-state index contributed by atoms with van der Waals surface area (Å²) in [4.78, 5) is 36.4. The first-order valence-corrected chi connectivity index (χ1v) is 17.2. The van der Waals surface area contributed by atoms with Gasteiger partial charge in [0.1, 0.15) is 11.3 Å². The van der Waals surface area contributed by atoms with Crippen molar-refractivity contribution >= 4 is 61.1 Å². The molecule has 2 aromatic carbocycles. The van der Waals surface area contributed by atoms with Gasteiger partial charge in [-0.3, -0.25) is 14.6 Å². The van der Waals surface area contributed by atoms with Crippen molar-refractivity contribution in [2.24, 2.45) is 0 Å². The van der Waals surface area contributed by atoms with E-state index < -0.39 is 16.1 Å². The molecule has 45 heavy (non-hydrogen) atoms. The Hall–Kier alpha value is -3.01. The van der Waals surface area contributed by atoms with Crippen LogP contribution in [-0.4, -0.2) is 118 Å². The van der Waals surface area contributed by atoms with E-state index in [4.69, 9.17) is 19.2 Å². The molecule has 15 heteroatoms. The summed E-state index contributed by atoms with van der Waals surface area (Å²) in [7, 11) is -3.80. The lowest BCUT2D eigenvalue weighted by Gasteiger charge is -2.33. The zero-order valence-electron chi connectivity index (χ0n) is 25.6. The molecule has 3 heterocycles. The Morgan fingerprint density at radius 1 is 0.978 bits per heavy atom. The van der Waals surface area contributed by atoms with Crippen molar-refractivity contribution in [3.05, 3.63) is 48.0 Å². The molecule has 0 bridgehead atoms. The number of piperazine rings is 1. The number of benzene rings is 2. The number of thiazole rings is 1. The second-order valence-electron chi connectivity index (χ2n) is 10.4. The Balaban J connectivity index is 0.00000461. The average molecular weight is 682 g/mol. The number of amides is 2. The Bertz CT molecular complexity index is 1540. The van der Waals surface area contributed by atoms with Crippen molar-refractivity contribution in [2.75, 3.05) is 83.7 Å². The number of fused-ring (bicyclic) bond motifs is 1. The third-order valence-electron chi connectivity index (χ3n) is 7.61. The van der Waals surface area contributed by atoms with Gasteiger partial charge in [-0.05, 0) is 56.7 Å². The number of anilines is 1. The monoisotopic (exact) mass is 681 g/mol. The molecule has 0 aliphatic carbocycles. The third kappa shape index (κ3) is 8.23. The third-order valence-corrected chi connectivity index (χ3v) is 10.6. The van der Waals surface area contributed by atoms with E-state index in [2.05, 4.69) is 4.90 Å². The van der Waals surface area contributed by atoms with Crippen molar-refractivity contribution in [3.63, 3.8) is 0 Å². The number of nitrogens with zero attached hydrogens (tertiary/aromatic N) is 5. The number of carbonyl (C=O) groups is 2. The van der Waals surface area contributed by atoms with Gasteiger partial charge in [0.15, 0.2) is 5.13 Å². The second kappa shape index (κ2) is 16.0. The van der Waals surface area contributed by atoms with E-state index in [0.717, 1.165) is 30.8 Å². The van der Waals surface area contributed by atoms with Gasteiger partial charge in [0.05, 0.1) is 36.0 Å². The Morgan fingerprint density at radius 2 is 1.69 bits per heavy atom. The van der Waals surface area contributed by atoms with Crippen molar-refractivity contribution < 1.29 is 32.2 Å². The molecule has 1 aromatic heterocycles. The number of halogens is 1. The Labute approximate surface area is 274 Å². The van der Waals surface area contributed by atoms with E-state index >= 15 is 0 Å². The summed E-state index contributed by atoms with van der Waals surface area (Å²) < 4.78 is 45.3.